The maximum absolute atomic E-state index is 12.9. The monoisotopic (exact) mass is 309 g/mol. The molecule has 21 heavy (non-hydrogen) atoms. The van der Waals surface area contributed by atoms with Crippen molar-refractivity contribution in [2.24, 2.45) is 5.92 Å². The molecule has 1 unspecified atom stereocenters. The van der Waals surface area contributed by atoms with Crippen molar-refractivity contribution < 1.29 is 8.42 Å². The van der Waals surface area contributed by atoms with Crippen LogP contribution >= 0.6 is 0 Å². The van der Waals surface area contributed by atoms with Crippen molar-refractivity contribution in [1.29, 1.82) is 0 Å². The van der Waals surface area contributed by atoms with Gasteiger partial charge in [-0.3, -0.25) is 4.98 Å². The fourth-order valence-electron chi connectivity index (χ4n) is 3.30. The van der Waals surface area contributed by atoms with Crippen molar-refractivity contribution in [3.63, 3.8) is 0 Å². The Hall–Kier alpha value is -0.980. The lowest BCUT2D eigenvalue weighted by atomic mass is 10.0. The largest absolute Gasteiger partial charge is 0.282 e. The van der Waals surface area contributed by atoms with Crippen LogP contribution in [0.25, 0.3) is 0 Å². The predicted octanol–water partition coefficient (Wildman–Crippen LogP) is 2.20. The fraction of sp³-hybridized carbons (Fsp3) is 0.667. The third-order valence-corrected chi connectivity index (χ3v) is 6.71. The SMILES string of the molecule is CC1CCN(S(=O)(=O)N2CCCC2c2ccncc2)CC1. The van der Waals surface area contributed by atoms with E-state index >= 15 is 0 Å². The van der Waals surface area contributed by atoms with Crippen molar-refractivity contribution in [2.45, 2.75) is 38.6 Å². The minimum Gasteiger partial charge on any atom is -0.265 e. The molecule has 0 N–H and O–H groups in total. The van der Waals surface area contributed by atoms with Gasteiger partial charge in [0.1, 0.15) is 0 Å². The molecule has 0 aromatic carbocycles. The van der Waals surface area contributed by atoms with Gasteiger partial charge in [0.15, 0.2) is 0 Å². The molecule has 2 aliphatic heterocycles. The minimum atomic E-state index is -3.34. The summed E-state index contributed by atoms with van der Waals surface area (Å²) < 4.78 is 29.2. The van der Waals surface area contributed by atoms with Crippen molar-refractivity contribution in [2.75, 3.05) is 19.6 Å². The Morgan fingerprint density at radius 1 is 1.10 bits per heavy atom. The van der Waals surface area contributed by atoms with E-state index in [-0.39, 0.29) is 6.04 Å². The van der Waals surface area contributed by atoms with Crippen molar-refractivity contribution in [1.82, 2.24) is 13.6 Å². The van der Waals surface area contributed by atoms with Gasteiger partial charge in [-0.25, -0.2) is 0 Å². The lowest BCUT2D eigenvalue weighted by Gasteiger charge is -2.34. The highest BCUT2D eigenvalue weighted by Crippen LogP contribution is 2.35. The summed E-state index contributed by atoms with van der Waals surface area (Å²) in [6, 6.07) is 3.82. The molecule has 5 nitrogen and oxygen atoms in total. The first-order chi connectivity index (χ1) is 10.1. The van der Waals surface area contributed by atoms with Gasteiger partial charge in [0.05, 0.1) is 6.04 Å². The Kier molecular flexibility index (Phi) is 4.28. The maximum atomic E-state index is 12.9. The van der Waals surface area contributed by atoms with Crippen LogP contribution in [-0.2, 0) is 10.2 Å². The number of hydrogen-bond acceptors (Lipinski definition) is 3. The van der Waals surface area contributed by atoms with Crippen LogP contribution in [0.3, 0.4) is 0 Å². The second-order valence-electron chi connectivity index (χ2n) is 6.14. The van der Waals surface area contributed by atoms with Crippen LogP contribution in [0.1, 0.15) is 44.2 Å². The van der Waals surface area contributed by atoms with Gasteiger partial charge in [-0.1, -0.05) is 6.92 Å². The van der Waals surface area contributed by atoms with Crippen molar-refractivity contribution in [3.05, 3.63) is 30.1 Å². The van der Waals surface area contributed by atoms with Gasteiger partial charge in [0, 0.05) is 32.0 Å². The average molecular weight is 309 g/mol. The number of piperidine rings is 1. The van der Waals surface area contributed by atoms with E-state index in [4.69, 9.17) is 0 Å². The summed E-state index contributed by atoms with van der Waals surface area (Å²) in [6.07, 6.45) is 7.23. The molecule has 1 aromatic rings. The first-order valence-electron chi connectivity index (χ1n) is 7.76. The molecule has 0 spiro atoms. The van der Waals surface area contributed by atoms with E-state index in [1.165, 1.54) is 0 Å². The standard InChI is InChI=1S/C15H23N3O2S/c1-13-6-11-17(12-7-13)21(19,20)18-10-2-3-15(18)14-4-8-16-9-5-14/h4-5,8-9,13,15H,2-3,6-7,10-12H2,1H3. The van der Waals surface area contributed by atoms with E-state index in [1.807, 2.05) is 12.1 Å². The van der Waals surface area contributed by atoms with E-state index in [1.54, 1.807) is 21.0 Å². The minimum absolute atomic E-state index is 0.0302. The topological polar surface area (TPSA) is 53.5 Å². The lowest BCUT2D eigenvalue weighted by Crippen LogP contribution is -2.46. The molecule has 0 aliphatic carbocycles. The lowest BCUT2D eigenvalue weighted by molar-refractivity contribution is 0.260. The summed E-state index contributed by atoms with van der Waals surface area (Å²) >= 11 is 0. The van der Waals surface area contributed by atoms with E-state index in [0.717, 1.165) is 31.2 Å². The zero-order valence-corrected chi connectivity index (χ0v) is 13.3. The Labute approximate surface area is 127 Å². The quantitative estimate of drug-likeness (QED) is 0.860. The number of hydrogen-bond donors (Lipinski definition) is 0. The second-order valence-corrected chi connectivity index (χ2v) is 8.02. The predicted molar refractivity (Wildman–Crippen MR) is 81.8 cm³/mol. The second kappa shape index (κ2) is 6.02. The van der Waals surface area contributed by atoms with E-state index < -0.39 is 10.2 Å². The molecule has 3 rings (SSSR count). The third kappa shape index (κ3) is 2.98. The maximum Gasteiger partial charge on any atom is 0.282 e. The number of pyridine rings is 1. The van der Waals surface area contributed by atoms with Gasteiger partial charge in [0.25, 0.3) is 10.2 Å². The van der Waals surface area contributed by atoms with Crippen LogP contribution in [0.15, 0.2) is 24.5 Å². The molecular weight excluding hydrogens is 286 g/mol. The highest BCUT2D eigenvalue weighted by atomic mass is 32.2. The molecule has 6 heteroatoms. The highest BCUT2D eigenvalue weighted by molar-refractivity contribution is 7.86. The molecule has 1 aromatic heterocycles. The van der Waals surface area contributed by atoms with Gasteiger partial charge in [-0.05, 0) is 49.3 Å². The van der Waals surface area contributed by atoms with Crippen molar-refractivity contribution in [3.8, 4) is 0 Å². The summed E-state index contributed by atoms with van der Waals surface area (Å²) in [5.74, 6) is 0.631. The normalized spacial score (nSPS) is 26.2. The van der Waals surface area contributed by atoms with Gasteiger partial charge in [0.2, 0.25) is 0 Å². The molecule has 0 amide bonds. The fourth-order valence-corrected chi connectivity index (χ4v) is 5.18. The molecule has 0 radical (unpaired) electrons. The van der Waals surface area contributed by atoms with Gasteiger partial charge in [-0.2, -0.15) is 17.0 Å². The Balaban J connectivity index is 1.81. The average Bonchev–Trinajstić information content (AvgIpc) is 2.99. The van der Waals surface area contributed by atoms with Crippen LogP contribution in [-0.4, -0.2) is 41.6 Å². The highest BCUT2D eigenvalue weighted by Gasteiger charge is 2.39. The van der Waals surface area contributed by atoms with E-state index in [9.17, 15) is 8.42 Å². The number of rotatable bonds is 3. The van der Waals surface area contributed by atoms with E-state index in [2.05, 4.69) is 11.9 Å². The molecule has 0 bridgehead atoms. The molecule has 1 atom stereocenters. The summed E-state index contributed by atoms with van der Waals surface area (Å²) in [5, 5.41) is 0. The first kappa shape index (κ1) is 14.9. The third-order valence-electron chi connectivity index (χ3n) is 4.66. The Bertz CT molecular complexity index is 568. The van der Waals surface area contributed by atoms with E-state index in [0.29, 0.717) is 25.6 Å². The van der Waals surface area contributed by atoms with Gasteiger partial charge >= 0.3 is 0 Å². The van der Waals surface area contributed by atoms with Crippen LogP contribution in [0.5, 0.6) is 0 Å². The smallest absolute Gasteiger partial charge is 0.265 e. The molecule has 2 saturated heterocycles. The van der Waals surface area contributed by atoms with Crippen LogP contribution in [0, 0.1) is 5.92 Å². The van der Waals surface area contributed by atoms with Crippen LogP contribution in [0.4, 0.5) is 0 Å². The zero-order valence-electron chi connectivity index (χ0n) is 12.5. The number of nitrogens with zero attached hydrogens (tertiary/aromatic N) is 3. The van der Waals surface area contributed by atoms with Crippen LogP contribution < -0.4 is 0 Å². The Morgan fingerprint density at radius 3 is 2.43 bits per heavy atom. The Morgan fingerprint density at radius 2 is 1.76 bits per heavy atom. The van der Waals surface area contributed by atoms with Gasteiger partial charge in [-0.15, -0.1) is 0 Å². The molecule has 2 aliphatic rings. The molecular formula is C15H23N3O2S. The molecule has 2 fully saturated rings. The first-order valence-corrected chi connectivity index (χ1v) is 9.15. The van der Waals surface area contributed by atoms with Crippen LogP contribution in [0.2, 0.25) is 0 Å². The molecule has 116 valence electrons. The zero-order chi connectivity index (χ0) is 14.9. The summed E-state index contributed by atoms with van der Waals surface area (Å²) in [7, 11) is -3.34. The number of aromatic nitrogens is 1. The summed E-state index contributed by atoms with van der Waals surface area (Å²) in [6.45, 7) is 4.13. The van der Waals surface area contributed by atoms with Gasteiger partial charge < -0.3 is 0 Å². The van der Waals surface area contributed by atoms with Crippen molar-refractivity contribution >= 4 is 10.2 Å². The summed E-state index contributed by atoms with van der Waals surface area (Å²) in [5.41, 5.74) is 1.05. The summed E-state index contributed by atoms with van der Waals surface area (Å²) in [4.78, 5) is 4.02. The molecule has 0 saturated carbocycles. The molecule has 3 heterocycles.